The van der Waals surface area contributed by atoms with Crippen LogP contribution in [-0.2, 0) is 6.42 Å². The molecule has 86 valence electrons. The highest BCUT2D eigenvalue weighted by molar-refractivity contribution is 6.32. The van der Waals surface area contributed by atoms with Crippen LogP contribution < -0.4 is 5.32 Å². The Hall–Kier alpha value is -2.06. The van der Waals surface area contributed by atoms with Crippen LogP contribution in [0.1, 0.15) is 11.5 Å². The molecule has 0 saturated carbocycles. The highest BCUT2D eigenvalue weighted by atomic mass is 35.5. The number of anilines is 1. The quantitative estimate of drug-likeness (QED) is 0.898. The molecule has 1 aromatic carbocycles. The van der Waals surface area contributed by atoms with E-state index in [0.29, 0.717) is 35.1 Å². The first-order valence-corrected chi connectivity index (χ1v) is 5.37. The second-order valence-electron chi connectivity index (χ2n) is 3.29. The van der Waals surface area contributed by atoms with Gasteiger partial charge in [0.2, 0.25) is 5.89 Å². The second kappa shape index (κ2) is 5.32. The molecule has 0 bridgehead atoms. The fraction of sp³-hybridized carbons (Fsp3) is 0.182. The minimum Gasteiger partial charge on any atom is -0.383 e. The third-order valence-electron chi connectivity index (χ3n) is 2.19. The topological polar surface area (TPSA) is 74.7 Å². The Morgan fingerprint density at radius 2 is 2.35 bits per heavy atom. The Morgan fingerprint density at radius 1 is 1.47 bits per heavy atom. The van der Waals surface area contributed by atoms with Gasteiger partial charge in [-0.25, -0.2) is 0 Å². The minimum atomic E-state index is 0.440. The molecule has 5 nitrogen and oxygen atoms in total. The van der Waals surface area contributed by atoms with Crippen molar-refractivity contribution in [2.24, 2.45) is 0 Å². The van der Waals surface area contributed by atoms with E-state index >= 15 is 0 Å². The summed E-state index contributed by atoms with van der Waals surface area (Å²) < 4.78 is 4.86. The van der Waals surface area contributed by atoms with Crippen LogP contribution in [0.15, 0.2) is 29.0 Å². The number of nitrogens with zero attached hydrogens (tertiary/aromatic N) is 3. The van der Waals surface area contributed by atoms with Gasteiger partial charge in [0.1, 0.15) is 6.07 Å². The number of nitrogens with one attached hydrogen (secondary N) is 1. The van der Waals surface area contributed by atoms with Gasteiger partial charge in [0.25, 0.3) is 0 Å². The molecular weight excluding hydrogens is 240 g/mol. The van der Waals surface area contributed by atoms with E-state index in [1.165, 1.54) is 6.33 Å². The largest absolute Gasteiger partial charge is 0.383 e. The number of hydrogen-bond donors (Lipinski definition) is 1. The summed E-state index contributed by atoms with van der Waals surface area (Å²) >= 11 is 5.90. The molecule has 1 aromatic heterocycles. The van der Waals surface area contributed by atoms with Gasteiger partial charge in [-0.3, -0.25) is 0 Å². The number of nitriles is 1. The number of aromatic nitrogens is 2. The lowest BCUT2D eigenvalue weighted by atomic mass is 10.2. The van der Waals surface area contributed by atoms with Crippen molar-refractivity contribution in [1.82, 2.24) is 10.1 Å². The molecule has 6 heteroatoms. The highest BCUT2D eigenvalue weighted by Gasteiger charge is 2.06. The SMILES string of the molecule is N#Cc1c(Cl)cccc1NCCc1ncno1. The molecule has 17 heavy (non-hydrogen) atoms. The monoisotopic (exact) mass is 248 g/mol. The van der Waals surface area contributed by atoms with Gasteiger partial charge >= 0.3 is 0 Å². The Labute approximate surface area is 103 Å². The summed E-state index contributed by atoms with van der Waals surface area (Å²) in [5.74, 6) is 0.554. The molecule has 0 aliphatic heterocycles. The number of rotatable bonds is 4. The molecule has 2 rings (SSSR count). The third kappa shape index (κ3) is 2.74. The van der Waals surface area contributed by atoms with Crippen molar-refractivity contribution in [2.75, 3.05) is 11.9 Å². The fourth-order valence-electron chi connectivity index (χ4n) is 1.40. The average Bonchev–Trinajstić information content (AvgIpc) is 2.82. The molecule has 2 aromatic rings. The zero-order valence-corrected chi connectivity index (χ0v) is 9.61. The third-order valence-corrected chi connectivity index (χ3v) is 2.50. The standard InChI is InChI=1S/C11H9ClN4O/c12-9-2-1-3-10(8(9)6-13)14-5-4-11-15-7-16-17-11/h1-3,7,14H,4-5H2. The molecule has 0 fully saturated rings. The van der Waals surface area contributed by atoms with Crippen LogP contribution in [0.2, 0.25) is 5.02 Å². The molecule has 0 atom stereocenters. The van der Waals surface area contributed by atoms with Gasteiger partial charge in [-0.1, -0.05) is 22.8 Å². The van der Waals surface area contributed by atoms with E-state index in [-0.39, 0.29) is 0 Å². The molecule has 1 N–H and O–H groups in total. The molecule has 0 radical (unpaired) electrons. The summed E-state index contributed by atoms with van der Waals surface area (Å²) in [4.78, 5) is 3.90. The molecule has 0 aliphatic carbocycles. The Morgan fingerprint density at radius 3 is 3.06 bits per heavy atom. The normalized spacial score (nSPS) is 9.88. The van der Waals surface area contributed by atoms with E-state index in [9.17, 15) is 0 Å². The number of benzene rings is 1. The van der Waals surface area contributed by atoms with Gasteiger partial charge in [-0.05, 0) is 12.1 Å². The van der Waals surface area contributed by atoms with Crippen molar-refractivity contribution in [3.63, 3.8) is 0 Å². The van der Waals surface area contributed by atoms with Gasteiger partial charge in [0.05, 0.1) is 16.3 Å². The smallest absolute Gasteiger partial charge is 0.228 e. The van der Waals surface area contributed by atoms with Crippen LogP contribution in [0.5, 0.6) is 0 Å². The minimum absolute atomic E-state index is 0.440. The van der Waals surface area contributed by atoms with E-state index in [4.69, 9.17) is 21.4 Å². The summed E-state index contributed by atoms with van der Waals surface area (Å²) in [6.45, 7) is 0.594. The average molecular weight is 249 g/mol. The van der Waals surface area contributed by atoms with Crippen molar-refractivity contribution in [2.45, 2.75) is 6.42 Å². The van der Waals surface area contributed by atoms with E-state index in [0.717, 1.165) is 0 Å². The fourth-order valence-corrected chi connectivity index (χ4v) is 1.61. The van der Waals surface area contributed by atoms with E-state index in [1.54, 1.807) is 18.2 Å². The summed E-state index contributed by atoms with van der Waals surface area (Å²) in [6.07, 6.45) is 1.95. The van der Waals surface area contributed by atoms with Crippen molar-refractivity contribution < 1.29 is 4.52 Å². The van der Waals surface area contributed by atoms with Gasteiger partial charge in [-0.15, -0.1) is 0 Å². The lowest BCUT2D eigenvalue weighted by molar-refractivity contribution is 0.380. The van der Waals surface area contributed by atoms with Gasteiger partial charge < -0.3 is 9.84 Å². The van der Waals surface area contributed by atoms with E-state index in [2.05, 4.69) is 21.5 Å². The Bertz CT molecular complexity index is 533. The van der Waals surface area contributed by atoms with Crippen LogP contribution in [-0.4, -0.2) is 16.7 Å². The van der Waals surface area contributed by atoms with Crippen LogP contribution >= 0.6 is 11.6 Å². The highest BCUT2D eigenvalue weighted by Crippen LogP contribution is 2.22. The van der Waals surface area contributed by atoms with Crippen molar-refractivity contribution in [3.8, 4) is 6.07 Å². The lowest BCUT2D eigenvalue weighted by Crippen LogP contribution is -2.06. The Kier molecular flexibility index (Phi) is 3.58. The molecule has 0 spiro atoms. The first kappa shape index (κ1) is 11.4. The molecule has 1 heterocycles. The Balaban J connectivity index is 2.00. The summed E-state index contributed by atoms with van der Waals surface area (Å²) in [6, 6.07) is 7.34. The number of hydrogen-bond acceptors (Lipinski definition) is 5. The van der Waals surface area contributed by atoms with Crippen molar-refractivity contribution >= 4 is 17.3 Å². The summed E-state index contributed by atoms with van der Waals surface area (Å²) in [5, 5.41) is 16.0. The zero-order valence-electron chi connectivity index (χ0n) is 8.85. The van der Waals surface area contributed by atoms with Crippen LogP contribution in [0.4, 0.5) is 5.69 Å². The van der Waals surface area contributed by atoms with E-state index in [1.807, 2.05) is 0 Å². The van der Waals surface area contributed by atoms with Crippen molar-refractivity contribution in [1.29, 1.82) is 5.26 Å². The van der Waals surface area contributed by atoms with Crippen LogP contribution in [0, 0.1) is 11.3 Å². The second-order valence-corrected chi connectivity index (χ2v) is 3.69. The first-order valence-electron chi connectivity index (χ1n) is 4.99. The number of halogens is 1. The van der Waals surface area contributed by atoms with Crippen LogP contribution in [0.3, 0.4) is 0 Å². The molecule has 0 saturated heterocycles. The van der Waals surface area contributed by atoms with Gasteiger partial charge in [0, 0.05) is 13.0 Å². The summed E-state index contributed by atoms with van der Waals surface area (Å²) in [5.41, 5.74) is 1.15. The lowest BCUT2D eigenvalue weighted by Gasteiger charge is -2.07. The maximum absolute atomic E-state index is 8.97. The maximum atomic E-state index is 8.97. The van der Waals surface area contributed by atoms with Crippen LogP contribution in [0.25, 0.3) is 0 Å². The molecule has 0 aliphatic rings. The maximum Gasteiger partial charge on any atom is 0.228 e. The van der Waals surface area contributed by atoms with Gasteiger partial charge in [0.15, 0.2) is 6.33 Å². The predicted octanol–water partition coefficient (Wildman–Crippen LogP) is 2.25. The zero-order chi connectivity index (χ0) is 12.1. The molecule has 0 unspecified atom stereocenters. The summed E-state index contributed by atoms with van der Waals surface area (Å²) in [7, 11) is 0. The molecular formula is C11H9ClN4O. The van der Waals surface area contributed by atoms with Crippen molar-refractivity contribution in [3.05, 3.63) is 41.0 Å². The molecule has 0 amide bonds. The van der Waals surface area contributed by atoms with E-state index < -0.39 is 0 Å². The van der Waals surface area contributed by atoms with Gasteiger partial charge in [-0.2, -0.15) is 10.2 Å². The first-order chi connectivity index (χ1) is 8.31. The predicted molar refractivity (Wildman–Crippen MR) is 62.7 cm³/mol.